The van der Waals surface area contributed by atoms with Crippen molar-refractivity contribution < 1.29 is 59.1 Å². The molecule has 0 fully saturated rings. The van der Waals surface area contributed by atoms with Crippen molar-refractivity contribution in [2.24, 2.45) is 11.5 Å². The minimum absolute atomic E-state index is 0.0183. The molecule has 0 aliphatic heterocycles. The summed E-state index contributed by atoms with van der Waals surface area (Å²) in [5.41, 5.74) is 13.5. The Morgan fingerprint density at radius 1 is 0.468 bits per heavy atom. The van der Waals surface area contributed by atoms with Crippen molar-refractivity contribution >= 4 is 125 Å². The van der Waals surface area contributed by atoms with Crippen molar-refractivity contribution in [2.45, 2.75) is 116 Å². The van der Waals surface area contributed by atoms with Crippen LogP contribution >= 0.6 is 64.8 Å². The Bertz CT molecular complexity index is 2210. The summed E-state index contributed by atoms with van der Waals surface area (Å²) in [6.45, 7) is 18.9. The summed E-state index contributed by atoms with van der Waals surface area (Å²) in [4.78, 5) is 74.7. The first-order valence-corrected chi connectivity index (χ1v) is 40.2. The molecule has 0 aromatic heterocycles. The third-order valence-electron chi connectivity index (χ3n) is 13.1. The lowest BCUT2D eigenvalue weighted by Gasteiger charge is -2.22. The molecule has 0 saturated carbocycles. The van der Waals surface area contributed by atoms with Crippen LogP contribution in [-0.2, 0) is 41.7 Å². The standard InChI is InChI=1S/C37H68BN7O7S4.C12H20BNO2.C10H16N2O2S2.C4H11NO/c1-3-10-34(47)40-17-27-53-55-29-19-42-36(49)14-24-45(22-7-6-16-39-31-32-11-4-5-12-33(32)38(51)52)25-15-37(50)43-20-30-56-54-28-18-41-35(48)13-23-44(2)21-8-9-26-46;14-10-6-2-1-3-7-11-8-4-5-9-12(11)13(15)16;1-3-9(13)11-5-7-15-16-8-6-12-10(14)4-2;5-3-1-2-4-6/h4-5,11-12,39,46,51-52H,3,6-10,13-31H2,1-2H3,(H,40,47)(H,41,48)(H,42,49)(H,43,50);4-5,8-9,15-16H,1-3,6-7,10,14H2;3-4H,1-2,5-8H2,(H,11,13)(H,12,14);6H,1-5H2. The van der Waals surface area contributed by atoms with Crippen LogP contribution in [-0.4, -0.2) is 236 Å². The van der Waals surface area contributed by atoms with Crippen LogP contribution in [0.25, 0.3) is 0 Å². The van der Waals surface area contributed by atoms with Crippen LogP contribution in [0.4, 0.5) is 0 Å². The van der Waals surface area contributed by atoms with Gasteiger partial charge in [-0.25, -0.2) is 0 Å². The molecule has 0 aliphatic carbocycles. The minimum atomic E-state index is -1.51. The third-order valence-corrected chi connectivity index (χ3v) is 20.4. The lowest BCUT2D eigenvalue weighted by Crippen LogP contribution is -2.36. The van der Waals surface area contributed by atoms with Crippen molar-refractivity contribution in [3.8, 4) is 0 Å². The first-order chi connectivity index (χ1) is 45.5. The molecule has 0 unspecified atom stereocenters. The fourth-order valence-corrected chi connectivity index (χ4v) is 13.5. The SMILES string of the molecule is C=CC(=O)NCCSSCCNC(=O)C=C.CCCC(=O)NCCSSCCNC(=O)CCN(CCCCNCc1ccccc1B(O)O)CCC(=O)NCCSSCCNC(=O)CCN(C)CCCCO.NCCCCCCc1ccccc1B(O)O.NCCCCO. The van der Waals surface area contributed by atoms with Gasteiger partial charge < -0.3 is 88.8 Å². The maximum atomic E-state index is 12.7. The lowest BCUT2D eigenvalue weighted by molar-refractivity contribution is -0.122. The molecule has 2 aromatic carbocycles. The Morgan fingerprint density at radius 3 is 1.28 bits per heavy atom. The number of aryl methyl sites for hydroxylation is 1. The number of hydrogen-bond donors (Lipinski definition) is 15. The number of carbonyl (C=O) groups is 6. The second kappa shape index (κ2) is 69.4. The first kappa shape index (κ1) is 92.6. The van der Waals surface area contributed by atoms with Crippen LogP contribution in [0.1, 0.15) is 114 Å². The highest BCUT2D eigenvalue weighted by Gasteiger charge is 2.17. The van der Waals surface area contributed by atoms with Gasteiger partial charge in [-0.3, -0.25) is 28.8 Å². The molecule has 94 heavy (non-hydrogen) atoms. The summed E-state index contributed by atoms with van der Waals surface area (Å²) >= 11 is 0. The van der Waals surface area contributed by atoms with E-state index in [0.717, 1.165) is 149 Å². The van der Waals surface area contributed by atoms with Crippen molar-refractivity contribution in [3.63, 3.8) is 0 Å². The van der Waals surface area contributed by atoms with Gasteiger partial charge in [0.1, 0.15) is 0 Å². The minimum Gasteiger partial charge on any atom is -0.423 e. The molecule has 31 heteroatoms. The molecule has 23 nitrogen and oxygen atoms in total. The maximum absolute atomic E-state index is 12.7. The normalized spacial score (nSPS) is 10.6. The second-order valence-corrected chi connectivity index (χ2v) is 29.2. The largest absolute Gasteiger partial charge is 0.488 e. The smallest absolute Gasteiger partial charge is 0.423 e. The van der Waals surface area contributed by atoms with E-state index in [1.165, 1.54) is 12.2 Å². The summed E-state index contributed by atoms with van der Waals surface area (Å²) < 4.78 is 0. The highest BCUT2D eigenvalue weighted by Crippen LogP contribution is 2.21. The van der Waals surface area contributed by atoms with Gasteiger partial charge in [0, 0.05) is 139 Å². The van der Waals surface area contributed by atoms with Crippen LogP contribution in [0.15, 0.2) is 73.8 Å². The molecule has 0 spiro atoms. The molecule has 0 aliphatic rings. The van der Waals surface area contributed by atoms with Gasteiger partial charge in [-0.15, -0.1) is 0 Å². The lowest BCUT2D eigenvalue weighted by atomic mass is 9.76. The van der Waals surface area contributed by atoms with Crippen molar-refractivity contribution in [1.82, 2.24) is 47.0 Å². The van der Waals surface area contributed by atoms with Gasteiger partial charge in [0.2, 0.25) is 35.4 Å². The van der Waals surface area contributed by atoms with Gasteiger partial charge in [-0.2, -0.15) is 0 Å². The molecule has 0 radical (unpaired) electrons. The zero-order chi connectivity index (χ0) is 69.9. The molecule has 2 aromatic rings. The number of carbonyl (C=O) groups excluding carboxylic acids is 6. The highest BCUT2D eigenvalue weighted by molar-refractivity contribution is 8.77. The van der Waals surface area contributed by atoms with Crippen molar-refractivity contribution in [1.29, 1.82) is 0 Å². The van der Waals surface area contributed by atoms with Crippen LogP contribution in [0.5, 0.6) is 0 Å². The summed E-state index contributed by atoms with van der Waals surface area (Å²) in [5, 5.41) is 75.2. The zero-order valence-corrected chi connectivity index (χ0v) is 60.9. The molecule has 6 amide bonds. The van der Waals surface area contributed by atoms with Gasteiger partial charge in [0.25, 0.3) is 0 Å². The average Bonchev–Trinajstić information content (AvgIpc) is 1.03. The van der Waals surface area contributed by atoms with Gasteiger partial charge in [-0.05, 0) is 138 Å². The highest BCUT2D eigenvalue weighted by atomic mass is 33.1. The van der Waals surface area contributed by atoms with Crippen LogP contribution in [0, 0.1) is 0 Å². The number of nitrogens with one attached hydrogen (secondary N) is 7. The monoisotopic (exact) mass is 1430 g/mol. The van der Waals surface area contributed by atoms with Crippen LogP contribution in [0.2, 0.25) is 0 Å². The molecule has 0 bridgehead atoms. The summed E-state index contributed by atoms with van der Waals surface area (Å²) in [6, 6.07) is 14.7. The number of aliphatic hydroxyl groups excluding tert-OH is 2. The third kappa shape index (κ3) is 60.9. The second-order valence-electron chi connectivity index (χ2n) is 21.1. The van der Waals surface area contributed by atoms with Crippen molar-refractivity contribution in [2.75, 3.05) is 146 Å². The summed E-state index contributed by atoms with van der Waals surface area (Å²) in [7, 11) is 9.11. The number of hydrogen-bond acceptors (Lipinski definition) is 23. The van der Waals surface area contributed by atoms with E-state index < -0.39 is 14.2 Å². The van der Waals surface area contributed by atoms with E-state index in [0.29, 0.717) is 109 Å². The molecule has 536 valence electrons. The van der Waals surface area contributed by atoms with E-state index in [2.05, 4.69) is 60.2 Å². The Balaban J connectivity index is 0. The number of aliphatic hydroxyl groups is 2. The Labute approximate surface area is 586 Å². The fraction of sp³-hybridized carbons (Fsp3) is 0.651. The Morgan fingerprint density at radius 2 is 0.851 bits per heavy atom. The molecular formula is C63H115B2N11O12S6. The van der Waals surface area contributed by atoms with E-state index in [9.17, 15) is 48.9 Å². The molecule has 0 atom stereocenters. The quantitative estimate of drug-likeness (QED) is 0.0196. The molecular weight excluding hydrogens is 1320 g/mol. The maximum Gasteiger partial charge on any atom is 0.488 e. The zero-order valence-electron chi connectivity index (χ0n) is 56.1. The van der Waals surface area contributed by atoms with E-state index in [1.807, 2.05) is 44.3 Å². The number of nitrogens with two attached hydrogens (primary N) is 2. The molecule has 0 heterocycles. The van der Waals surface area contributed by atoms with Gasteiger partial charge in [-0.1, -0.05) is 146 Å². The van der Waals surface area contributed by atoms with E-state index in [1.54, 1.807) is 83.0 Å². The number of amides is 6. The first-order valence-electron chi connectivity index (χ1n) is 32.7. The molecule has 2 rings (SSSR count). The number of benzene rings is 2. The number of rotatable bonds is 56. The average molecular weight is 1430 g/mol. The number of nitrogens with zero attached hydrogens (tertiary/aromatic N) is 2. The summed E-state index contributed by atoms with van der Waals surface area (Å²) in [6.07, 6.45) is 15.6. The predicted octanol–water partition coefficient (Wildman–Crippen LogP) is 2.56. The van der Waals surface area contributed by atoms with Gasteiger partial charge >= 0.3 is 14.2 Å². The van der Waals surface area contributed by atoms with E-state index in [4.69, 9.17) is 21.7 Å². The molecule has 17 N–H and O–H groups in total. The topological polar surface area (TPSA) is 367 Å². The summed E-state index contributed by atoms with van der Waals surface area (Å²) in [5.74, 6) is 4.58. The molecule has 0 saturated heterocycles. The van der Waals surface area contributed by atoms with Crippen molar-refractivity contribution in [3.05, 3.63) is 85.0 Å². The van der Waals surface area contributed by atoms with E-state index in [-0.39, 0.29) is 48.7 Å². The fourth-order valence-electron chi connectivity index (χ4n) is 8.03. The Hall–Kier alpha value is -3.47. The van der Waals surface area contributed by atoms with Gasteiger partial charge in [0.15, 0.2) is 0 Å². The number of unbranched alkanes of at least 4 members (excludes halogenated alkanes) is 6. The Kier molecular flexibility index (Phi) is 68.4. The van der Waals surface area contributed by atoms with Crippen LogP contribution in [0.3, 0.4) is 0 Å². The van der Waals surface area contributed by atoms with Gasteiger partial charge in [0.05, 0.1) is 0 Å². The van der Waals surface area contributed by atoms with E-state index >= 15 is 0 Å². The predicted molar refractivity (Wildman–Crippen MR) is 402 cm³/mol. The van der Waals surface area contributed by atoms with Crippen LogP contribution < -0.4 is 59.6 Å².